The zero-order chi connectivity index (χ0) is 29.7. The largest absolute Gasteiger partial charge is 0.507 e. The van der Waals surface area contributed by atoms with Crippen LogP contribution < -0.4 is 21.7 Å². The summed E-state index contributed by atoms with van der Waals surface area (Å²) in [6.45, 7) is 6.68. The number of amides is 3. The van der Waals surface area contributed by atoms with Crippen LogP contribution in [0.25, 0.3) is 0 Å². The molecule has 7 N–H and O–H groups in total. The predicted octanol–water partition coefficient (Wildman–Crippen LogP) is 0.0228. The van der Waals surface area contributed by atoms with Crippen LogP contribution in [0, 0.1) is 5.92 Å². The number of aromatic hydroxyl groups is 1. The SMILES string of the molecule is CCOC(=O)c1cc(C[C@H](N)C(=O)N[C@H](C(=O)N[C@@H](C)C(=O)NC(C=O)CCC(=O)O)[C@@H](C)CC)ccc1O. The number of aliphatic carboxylic acids is 1. The Labute approximate surface area is 226 Å². The number of rotatable bonds is 16. The van der Waals surface area contributed by atoms with Crippen molar-refractivity contribution in [2.45, 2.75) is 77.5 Å². The molecule has 0 aromatic heterocycles. The third-order valence-corrected chi connectivity index (χ3v) is 6.06. The van der Waals surface area contributed by atoms with Gasteiger partial charge in [0, 0.05) is 6.42 Å². The first-order chi connectivity index (χ1) is 18.3. The van der Waals surface area contributed by atoms with Crippen LogP contribution in [0.1, 0.15) is 62.9 Å². The third kappa shape index (κ3) is 10.7. The van der Waals surface area contributed by atoms with Crippen LogP contribution >= 0.6 is 0 Å². The summed E-state index contributed by atoms with van der Waals surface area (Å²) in [6.07, 6.45) is 0.508. The molecule has 0 aliphatic carbocycles. The number of ether oxygens (including phenoxy) is 1. The van der Waals surface area contributed by atoms with Gasteiger partial charge in [-0.2, -0.15) is 0 Å². The first-order valence-corrected chi connectivity index (χ1v) is 12.7. The number of aldehydes is 1. The molecule has 1 aromatic carbocycles. The molecule has 0 fully saturated rings. The molecule has 0 aliphatic heterocycles. The molecule has 3 amide bonds. The molecule has 0 heterocycles. The van der Waals surface area contributed by atoms with Crippen molar-refractivity contribution < 1.29 is 43.7 Å². The molecule has 1 unspecified atom stereocenters. The van der Waals surface area contributed by atoms with Crippen molar-refractivity contribution in [2.75, 3.05) is 6.61 Å². The van der Waals surface area contributed by atoms with E-state index in [-0.39, 0.29) is 43.1 Å². The van der Waals surface area contributed by atoms with E-state index in [4.69, 9.17) is 15.6 Å². The van der Waals surface area contributed by atoms with E-state index in [0.717, 1.165) is 0 Å². The van der Waals surface area contributed by atoms with Crippen LogP contribution in [0.15, 0.2) is 18.2 Å². The van der Waals surface area contributed by atoms with Crippen molar-refractivity contribution in [2.24, 2.45) is 11.7 Å². The predicted molar refractivity (Wildman–Crippen MR) is 140 cm³/mol. The highest BCUT2D eigenvalue weighted by atomic mass is 16.5. The number of carboxylic acids is 1. The van der Waals surface area contributed by atoms with Gasteiger partial charge in [0.1, 0.15) is 29.7 Å². The Morgan fingerprint density at radius 3 is 2.26 bits per heavy atom. The molecule has 216 valence electrons. The van der Waals surface area contributed by atoms with Gasteiger partial charge in [-0.15, -0.1) is 0 Å². The first-order valence-electron chi connectivity index (χ1n) is 12.7. The summed E-state index contributed by atoms with van der Waals surface area (Å²) in [6, 6.07) is -0.0682. The molecular formula is C26H38N4O9. The van der Waals surface area contributed by atoms with Crippen molar-refractivity contribution in [3.05, 3.63) is 29.3 Å². The highest BCUT2D eigenvalue weighted by Crippen LogP contribution is 2.20. The number of phenols is 1. The molecule has 13 nitrogen and oxygen atoms in total. The monoisotopic (exact) mass is 550 g/mol. The lowest BCUT2D eigenvalue weighted by molar-refractivity contribution is -0.137. The van der Waals surface area contributed by atoms with Crippen molar-refractivity contribution in [3.8, 4) is 5.75 Å². The van der Waals surface area contributed by atoms with Gasteiger partial charge in [0.2, 0.25) is 17.7 Å². The average Bonchev–Trinajstić information content (AvgIpc) is 2.89. The number of nitrogens with two attached hydrogens (primary N) is 1. The highest BCUT2D eigenvalue weighted by molar-refractivity contribution is 5.94. The lowest BCUT2D eigenvalue weighted by Gasteiger charge is -2.27. The fourth-order valence-corrected chi connectivity index (χ4v) is 3.52. The minimum atomic E-state index is -1.12. The second kappa shape index (κ2) is 16.1. The molecule has 39 heavy (non-hydrogen) atoms. The molecule has 0 spiro atoms. The number of nitrogens with one attached hydrogen (secondary N) is 3. The lowest BCUT2D eigenvalue weighted by atomic mass is 9.96. The van der Waals surface area contributed by atoms with E-state index in [9.17, 15) is 33.9 Å². The first kappa shape index (κ1) is 33.0. The number of esters is 1. The van der Waals surface area contributed by atoms with Crippen LogP contribution in [-0.2, 0) is 35.1 Å². The Balaban J connectivity index is 2.87. The Morgan fingerprint density at radius 2 is 1.69 bits per heavy atom. The standard InChI is InChI=1S/C26H38N4O9/c1-5-14(3)22(25(37)28-15(4)23(35)29-17(13-31)8-10-21(33)34)30-24(36)19(27)12-16-7-9-20(32)18(11-16)26(38)39-6-2/h7,9,11,13-15,17,19,22,32H,5-6,8,10,12,27H2,1-4H3,(H,28,37)(H,29,35)(H,30,36)(H,33,34)/t14-,15-,17?,19-,22-/m0/s1. The van der Waals surface area contributed by atoms with Crippen LogP contribution in [0.2, 0.25) is 0 Å². The van der Waals surface area contributed by atoms with Crippen molar-refractivity contribution in [1.82, 2.24) is 16.0 Å². The molecular weight excluding hydrogens is 512 g/mol. The summed E-state index contributed by atoms with van der Waals surface area (Å²) in [5.41, 5.74) is 6.49. The molecule has 0 aliphatic rings. The summed E-state index contributed by atoms with van der Waals surface area (Å²) >= 11 is 0. The number of carbonyl (C=O) groups is 6. The van der Waals surface area contributed by atoms with Gasteiger partial charge in [-0.25, -0.2) is 4.79 Å². The van der Waals surface area contributed by atoms with E-state index < -0.39 is 53.8 Å². The quantitative estimate of drug-likeness (QED) is 0.120. The molecule has 13 heteroatoms. The van der Waals surface area contributed by atoms with E-state index in [1.54, 1.807) is 13.8 Å². The fraction of sp³-hybridized carbons (Fsp3) is 0.538. The second-order valence-corrected chi connectivity index (χ2v) is 9.17. The number of benzene rings is 1. The average molecular weight is 551 g/mol. The molecule has 0 saturated carbocycles. The van der Waals surface area contributed by atoms with Crippen molar-refractivity contribution >= 4 is 35.9 Å². The maximum Gasteiger partial charge on any atom is 0.341 e. The zero-order valence-electron chi connectivity index (χ0n) is 22.6. The van der Waals surface area contributed by atoms with Crippen LogP contribution in [0.5, 0.6) is 5.75 Å². The molecule has 0 bridgehead atoms. The smallest absolute Gasteiger partial charge is 0.341 e. The number of hydrogen-bond donors (Lipinski definition) is 6. The van der Waals surface area contributed by atoms with Crippen LogP contribution in [0.4, 0.5) is 0 Å². The Kier molecular flexibility index (Phi) is 13.6. The van der Waals surface area contributed by atoms with Gasteiger partial charge in [-0.05, 0) is 50.3 Å². The summed E-state index contributed by atoms with van der Waals surface area (Å²) in [4.78, 5) is 72.2. The van der Waals surface area contributed by atoms with E-state index >= 15 is 0 Å². The van der Waals surface area contributed by atoms with E-state index in [2.05, 4.69) is 16.0 Å². The maximum atomic E-state index is 13.0. The van der Waals surface area contributed by atoms with Gasteiger partial charge in [-0.3, -0.25) is 19.2 Å². The van der Waals surface area contributed by atoms with E-state index in [1.807, 2.05) is 6.92 Å². The summed E-state index contributed by atoms with van der Waals surface area (Å²) < 4.78 is 4.91. The van der Waals surface area contributed by atoms with Gasteiger partial charge in [0.05, 0.1) is 18.7 Å². The van der Waals surface area contributed by atoms with Gasteiger partial charge < -0.3 is 41.4 Å². The highest BCUT2D eigenvalue weighted by Gasteiger charge is 2.30. The number of phenolic OH excluding ortho intramolecular Hbond substituents is 1. The topological polar surface area (TPSA) is 214 Å². The van der Waals surface area contributed by atoms with Crippen LogP contribution in [0.3, 0.4) is 0 Å². The molecule has 0 saturated heterocycles. The lowest BCUT2D eigenvalue weighted by Crippen LogP contribution is -2.57. The molecule has 5 atom stereocenters. The number of carbonyl (C=O) groups excluding carboxylic acids is 5. The fourth-order valence-electron chi connectivity index (χ4n) is 3.52. The summed E-state index contributed by atoms with van der Waals surface area (Å²) in [5.74, 6) is -4.43. The Hall–Kier alpha value is -4.00. The Morgan fingerprint density at radius 1 is 1.03 bits per heavy atom. The normalized spacial score (nSPS) is 14.6. The molecule has 1 rings (SSSR count). The van der Waals surface area contributed by atoms with Crippen molar-refractivity contribution in [1.29, 1.82) is 0 Å². The third-order valence-electron chi connectivity index (χ3n) is 6.06. The minimum absolute atomic E-state index is 0.00437. The summed E-state index contributed by atoms with van der Waals surface area (Å²) in [5, 5.41) is 26.2. The Bertz CT molecular complexity index is 1050. The van der Waals surface area contributed by atoms with E-state index in [0.29, 0.717) is 18.3 Å². The van der Waals surface area contributed by atoms with Crippen molar-refractivity contribution in [3.63, 3.8) is 0 Å². The van der Waals surface area contributed by atoms with Gasteiger partial charge >= 0.3 is 11.9 Å². The molecule has 0 radical (unpaired) electrons. The number of hydrogen-bond acceptors (Lipinski definition) is 9. The van der Waals surface area contributed by atoms with E-state index in [1.165, 1.54) is 25.1 Å². The minimum Gasteiger partial charge on any atom is -0.507 e. The van der Waals surface area contributed by atoms with Gasteiger partial charge in [0.25, 0.3) is 0 Å². The summed E-state index contributed by atoms with van der Waals surface area (Å²) in [7, 11) is 0. The second-order valence-electron chi connectivity index (χ2n) is 9.17. The van der Waals surface area contributed by atoms with Crippen LogP contribution in [-0.4, -0.2) is 76.9 Å². The number of carboxylic acid groups (broad SMARTS) is 1. The van der Waals surface area contributed by atoms with Gasteiger partial charge in [-0.1, -0.05) is 26.3 Å². The van der Waals surface area contributed by atoms with Gasteiger partial charge in [0.15, 0.2) is 0 Å². The molecule has 1 aromatic rings. The zero-order valence-corrected chi connectivity index (χ0v) is 22.6. The maximum absolute atomic E-state index is 13.0.